The van der Waals surface area contributed by atoms with Crippen LogP contribution in [0.2, 0.25) is 0 Å². The maximum absolute atomic E-state index is 9.29. The summed E-state index contributed by atoms with van der Waals surface area (Å²) in [4.78, 5) is 0. The van der Waals surface area contributed by atoms with Crippen molar-refractivity contribution < 1.29 is 14.6 Å². The van der Waals surface area contributed by atoms with E-state index in [1.807, 2.05) is 56.3 Å². The second-order valence-corrected chi connectivity index (χ2v) is 7.64. The standard InChI is InChI=1S/C25H28N4O3/c1-6-32-20-11-12-21(22(13-20)31-5)29-16(3)23-15(2)27-28-25(24(23)17(29)4)26-19-9-7-18(14-30)8-10-19/h7-13,30H,6,14H2,1-5H3,(H,26,28). The van der Waals surface area contributed by atoms with Crippen LogP contribution in [0.25, 0.3) is 16.5 Å². The Balaban J connectivity index is 1.87. The summed E-state index contributed by atoms with van der Waals surface area (Å²) in [6.45, 7) is 8.70. The Hall–Kier alpha value is -3.58. The quantitative estimate of drug-likeness (QED) is 0.428. The Morgan fingerprint density at radius 2 is 1.69 bits per heavy atom. The van der Waals surface area contributed by atoms with Gasteiger partial charge in [-0.25, -0.2) is 0 Å². The molecule has 0 saturated carbocycles. The number of hydrogen-bond donors (Lipinski definition) is 2. The third-order valence-electron chi connectivity index (χ3n) is 5.65. The van der Waals surface area contributed by atoms with Crippen molar-refractivity contribution in [2.45, 2.75) is 34.3 Å². The Bertz CT molecular complexity index is 1260. The molecule has 32 heavy (non-hydrogen) atoms. The lowest BCUT2D eigenvalue weighted by Gasteiger charge is -2.15. The number of anilines is 2. The Kier molecular flexibility index (Phi) is 6.01. The first-order valence-corrected chi connectivity index (χ1v) is 10.6. The first-order valence-electron chi connectivity index (χ1n) is 10.6. The van der Waals surface area contributed by atoms with E-state index in [4.69, 9.17) is 9.47 Å². The monoisotopic (exact) mass is 432 g/mol. The van der Waals surface area contributed by atoms with Crippen LogP contribution in [0.3, 0.4) is 0 Å². The normalized spacial score (nSPS) is 11.1. The van der Waals surface area contributed by atoms with Crippen LogP contribution in [0.15, 0.2) is 42.5 Å². The van der Waals surface area contributed by atoms with Crippen molar-refractivity contribution in [3.63, 3.8) is 0 Å². The van der Waals surface area contributed by atoms with Crippen LogP contribution in [0.1, 0.15) is 29.6 Å². The minimum atomic E-state index is 0.0138. The van der Waals surface area contributed by atoms with E-state index in [1.54, 1.807) is 7.11 Å². The molecule has 0 unspecified atom stereocenters. The topological polar surface area (TPSA) is 81.4 Å². The molecular weight excluding hydrogens is 404 g/mol. The third-order valence-corrected chi connectivity index (χ3v) is 5.65. The third kappa shape index (κ3) is 3.76. The highest BCUT2D eigenvalue weighted by atomic mass is 16.5. The lowest BCUT2D eigenvalue weighted by atomic mass is 10.1. The van der Waals surface area contributed by atoms with Gasteiger partial charge in [0, 0.05) is 33.9 Å². The molecule has 2 aromatic carbocycles. The maximum Gasteiger partial charge on any atom is 0.162 e. The smallest absolute Gasteiger partial charge is 0.162 e. The average Bonchev–Trinajstić information content (AvgIpc) is 3.07. The molecule has 0 atom stereocenters. The predicted octanol–water partition coefficient (Wildman–Crippen LogP) is 4.99. The van der Waals surface area contributed by atoms with Crippen LogP contribution in [-0.2, 0) is 6.61 Å². The van der Waals surface area contributed by atoms with Gasteiger partial charge in [0.2, 0.25) is 0 Å². The molecular formula is C25H28N4O3. The Labute approximate surface area is 187 Å². The Morgan fingerprint density at radius 1 is 0.969 bits per heavy atom. The number of nitrogens with zero attached hydrogens (tertiary/aromatic N) is 3. The number of aromatic nitrogens is 3. The van der Waals surface area contributed by atoms with E-state index in [1.165, 1.54) is 0 Å². The zero-order valence-corrected chi connectivity index (χ0v) is 19.1. The number of aliphatic hydroxyl groups excluding tert-OH is 1. The van der Waals surface area contributed by atoms with Gasteiger partial charge in [0.05, 0.1) is 31.7 Å². The van der Waals surface area contributed by atoms with E-state index >= 15 is 0 Å². The minimum Gasteiger partial charge on any atom is -0.494 e. The minimum absolute atomic E-state index is 0.0138. The Morgan fingerprint density at radius 3 is 2.34 bits per heavy atom. The van der Waals surface area contributed by atoms with Crippen LogP contribution in [0, 0.1) is 20.8 Å². The zero-order valence-electron chi connectivity index (χ0n) is 19.1. The number of methoxy groups -OCH3 is 1. The van der Waals surface area contributed by atoms with Gasteiger partial charge in [-0.2, -0.15) is 5.10 Å². The number of hydrogen-bond acceptors (Lipinski definition) is 6. The molecule has 0 amide bonds. The fourth-order valence-corrected chi connectivity index (χ4v) is 4.17. The molecule has 0 aliphatic carbocycles. The van der Waals surface area contributed by atoms with Gasteiger partial charge < -0.3 is 24.5 Å². The highest BCUT2D eigenvalue weighted by molar-refractivity contribution is 5.99. The highest BCUT2D eigenvalue weighted by Crippen LogP contribution is 2.38. The molecule has 0 aliphatic heterocycles. The lowest BCUT2D eigenvalue weighted by molar-refractivity contribution is 0.282. The van der Waals surface area contributed by atoms with Crippen LogP contribution < -0.4 is 14.8 Å². The molecule has 2 aromatic heterocycles. The van der Waals surface area contributed by atoms with Crippen LogP contribution >= 0.6 is 0 Å². The van der Waals surface area contributed by atoms with Gasteiger partial charge >= 0.3 is 0 Å². The van der Waals surface area contributed by atoms with Crippen LogP contribution in [0.5, 0.6) is 11.5 Å². The number of benzene rings is 2. The molecule has 0 aliphatic rings. The molecule has 0 radical (unpaired) electrons. The second kappa shape index (κ2) is 8.88. The van der Waals surface area contributed by atoms with Crippen LogP contribution in [-0.4, -0.2) is 33.6 Å². The summed E-state index contributed by atoms with van der Waals surface area (Å²) in [5.41, 5.74) is 5.63. The van der Waals surface area contributed by atoms with E-state index in [0.717, 1.165) is 56.3 Å². The van der Waals surface area contributed by atoms with E-state index in [0.29, 0.717) is 12.4 Å². The molecule has 0 spiro atoms. The number of aryl methyl sites for hydroxylation is 3. The molecule has 7 nitrogen and oxygen atoms in total. The van der Waals surface area contributed by atoms with Gasteiger partial charge in [-0.05, 0) is 57.5 Å². The molecule has 166 valence electrons. The van der Waals surface area contributed by atoms with Crippen LogP contribution in [0.4, 0.5) is 11.5 Å². The number of fused-ring (bicyclic) bond motifs is 1. The van der Waals surface area contributed by atoms with Crippen molar-refractivity contribution >= 4 is 22.3 Å². The van der Waals surface area contributed by atoms with Gasteiger partial charge in [-0.3, -0.25) is 0 Å². The number of nitrogens with one attached hydrogen (secondary N) is 1. The van der Waals surface area contributed by atoms with E-state index in [2.05, 4.69) is 33.9 Å². The van der Waals surface area contributed by atoms with E-state index in [-0.39, 0.29) is 6.61 Å². The van der Waals surface area contributed by atoms with Crippen molar-refractivity contribution in [3.05, 3.63) is 65.1 Å². The SMILES string of the molecule is CCOc1ccc(-n2c(C)c3c(C)nnc(Nc4ccc(CO)cc4)c3c2C)c(OC)c1. The summed E-state index contributed by atoms with van der Waals surface area (Å²) in [5, 5.41) is 23.6. The zero-order chi connectivity index (χ0) is 22.8. The molecule has 4 aromatic rings. The molecule has 0 saturated heterocycles. The second-order valence-electron chi connectivity index (χ2n) is 7.64. The summed E-state index contributed by atoms with van der Waals surface area (Å²) in [6.07, 6.45) is 0. The first-order chi connectivity index (χ1) is 15.5. The lowest BCUT2D eigenvalue weighted by Crippen LogP contribution is -2.03. The largest absolute Gasteiger partial charge is 0.494 e. The molecule has 0 fully saturated rings. The number of aliphatic hydroxyl groups is 1. The molecule has 7 heteroatoms. The van der Waals surface area contributed by atoms with Crippen molar-refractivity contribution in [2.75, 3.05) is 19.0 Å². The summed E-state index contributed by atoms with van der Waals surface area (Å²) in [6, 6.07) is 13.5. The highest BCUT2D eigenvalue weighted by Gasteiger charge is 2.21. The van der Waals surface area contributed by atoms with E-state index < -0.39 is 0 Å². The first kappa shape index (κ1) is 21.6. The van der Waals surface area contributed by atoms with Gasteiger partial charge in [0.1, 0.15) is 11.5 Å². The molecule has 0 bridgehead atoms. The summed E-state index contributed by atoms with van der Waals surface area (Å²) < 4.78 is 13.5. The van der Waals surface area contributed by atoms with Gasteiger partial charge in [0.15, 0.2) is 5.82 Å². The molecule has 2 N–H and O–H groups in total. The van der Waals surface area contributed by atoms with Crippen molar-refractivity contribution in [2.24, 2.45) is 0 Å². The summed E-state index contributed by atoms with van der Waals surface area (Å²) in [5.74, 6) is 2.19. The number of ether oxygens (including phenoxy) is 2. The fourth-order valence-electron chi connectivity index (χ4n) is 4.17. The number of rotatable bonds is 7. The molecule has 4 rings (SSSR count). The maximum atomic E-state index is 9.29. The van der Waals surface area contributed by atoms with E-state index in [9.17, 15) is 5.11 Å². The van der Waals surface area contributed by atoms with Gasteiger partial charge in [-0.15, -0.1) is 5.10 Å². The fraction of sp³-hybridized carbons (Fsp3) is 0.280. The van der Waals surface area contributed by atoms with Crippen molar-refractivity contribution in [1.82, 2.24) is 14.8 Å². The van der Waals surface area contributed by atoms with Gasteiger partial charge in [-0.1, -0.05) is 12.1 Å². The summed E-state index contributed by atoms with van der Waals surface area (Å²) in [7, 11) is 1.67. The molecule has 2 heterocycles. The van der Waals surface area contributed by atoms with Crippen molar-refractivity contribution in [1.29, 1.82) is 0 Å². The average molecular weight is 433 g/mol. The van der Waals surface area contributed by atoms with Gasteiger partial charge in [0.25, 0.3) is 0 Å². The summed E-state index contributed by atoms with van der Waals surface area (Å²) >= 11 is 0. The van der Waals surface area contributed by atoms with Crippen molar-refractivity contribution in [3.8, 4) is 17.2 Å². The predicted molar refractivity (Wildman–Crippen MR) is 126 cm³/mol.